The van der Waals surface area contributed by atoms with E-state index in [4.69, 9.17) is 27.9 Å². The van der Waals surface area contributed by atoms with Crippen LogP contribution >= 0.6 is 23.2 Å². The first-order valence-corrected chi connectivity index (χ1v) is 11.8. The highest BCUT2D eigenvalue weighted by Gasteiger charge is 2.14. The van der Waals surface area contributed by atoms with Crippen molar-refractivity contribution in [1.29, 1.82) is 0 Å². The number of rotatable bonds is 18. The van der Waals surface area contributed by atoms with Gasteiger partial charge in [-0.25, -0.2) is 0 Å². The van der Waals surface area contributed by atoms with Crippen LogP contribution in [-0.4, -0.2) is 27.4 Å². The summed E-state index contributed by atoms with van der Waals surface area (Å²) in [6.07, 6.45) is 18.5. The SMILES string of the molecule is C=C(C)COCCCCCCCCCCCCCCCC([SiH3])(Cl)Cl. The maximum Gasteiger partial charge on any atom is 0.0972 e. The first kappa shape index (κ1) is 24.5. The van der Waals surface area contributed by atoms with Crippen LogP contribution in [0.1, 0.15) is 96.8 Å². The van der Waals surface area contributed by atoms with Gasteiger partial charge in [0.05, 0.1) is 10.6 Å². The maximum absolute atomic E-state index is 6.03. The number of unbranched alkanes of at least 4 members (excludes halogenated alkanes) is 12. The molecule has 0 unspecified atom stereocenters. The van der Waals surface area contributed by atoms with Gasteiger partial charge in [-0.2, -0.15) is 0 Å². The highest BCUT2D eigenvalue weighted by atomic mass is 35.5. The van der Waals surface area contributed by atoms with Gasteiger partial charge in [-0.1, -0.05) is 89.2 Å². The van der Waals surface area contributed by atoms with Crippen LogP contribution in [0.2, 0.25) is 0 Å². The fraction of sp³-hybridized carbons (Fsp3) is 0.900. The van der Waals surface area contributed by atoms with E-state index in [1.54, 1.807) is 0 Å². The maximum atomic E-state index is 6.03. The topological polar surface area (TPSA) is 9.23 Å². The summed E-state index contributed by atoms with van der Waals surface area (Å²) in [6.45, 7) is 7.47. The van der Waals surface area contributed by atoms with Crippen molar-refractivity contribution in [3.05, 3.63) is 12.2 Å². The molecule has 0 N–H and O–H groups in total. The Morgan fingerprint density at radius 3 is 1.54 bits per heavy atom. The zero-order valence-corrected chi connectivity index (χ0v) is 19.7. The third-order valence-electron chi connectivity index (χ3n) is 4.25. The Morgan fingerprint density at radius 1 is 0.792 bits per heavy atom. The molecule has 0 amide bonds. The van der Waals surface area contributed by atoms with E-state index >= 15 is 0 Å². The van der Waals surface area contributed by atoms with Gasteiger partial charge in [-0.3, -0.25) is 0 Å². The van der Waals surface area contributed by atoms with Crippen LogP contribution in [0.3, 0.4) is 0 Å². The van der Waals surface area contributed by atoms with E-state index in [0.717, 1.165) is 35.5 Å². The molecular formula is C20H40Cl2OSi. The first-order chi connectivity index (χ1) is 11.4. The predicted octanol–water partition coefficient (Wildman–Crippen LogP) is 6.54. The van der Waals surface area contributed by atoms with E-state index < -0.39 is 3.96 Å². The molecule has 0 aliphatic rings. The molecule has 0 spiro atoms. The largest absolute Gasteiger partial charge is 0.377 e. The lowest BCUT2D eigenvalue weighted by molar-refractivity contribution is 0.151. The van der Waals surface area contributed by atoms with Crippen LogP contribution < -0.4 is 0 Å². The summed E-state index contributed by atoms with van der Waals surface area (Å²) >= 11 is 12.1. The molecule has 144 valence electrons. The van der Waals surface area contributed by atoms with Gasteiger partial charge in [0, 0.05) is 16.8 Å². The molecule has 0 aliphatic carbocycles. The minimum Gasteiger partial charge on any atom is -0.377 e. The van der Waals surface area contributed by atoms with E-state index in [2.05, 4.69) is 6.58 Å². The number of hydrogen-bond donors (Lipinski definition) is 0. The lowest BCUT2D eigenvalue weighted by atomic mass is 10.0. The van der Waals surface area contributed by atoms with Crippen LogP contribution in [0.5, 0.6) is 0 Å². The Bertz CT molecular complexity index is 290. The van der Waals surface area contributed by atoms with Crippen molar-refractivity contribution in [2.45, 2.75) is 101 Å². The smallest absolute Gasteiger partial charge is 0.0972 e. The fourth-order valence-corrected chi connectivity index (χ4v) is 3.45. The van der Waals surface area contributed by atoms with E-state index in [0.29, 0.717) is 0 Å². The first-order valence-electron chi connectivity index (χ1n) is 10.0. The molecule has 1 nitrogen and oxygen atoms in total. The number of hydrogen-bond acceptors (Lipinski definition) is 1. The second-order valence-electron chi connectivity index (χ2n) is 7.43. The van der Waals surface area contributed by atoms with Crippen LogP contribution in [0.15, 0.2) is 12.2 Å². The van der Waals surface area contributed by atoms with E-state index in [1.807, 2.05) is 6.92 Å². The quantitative estimate of drug-likeness (QED) is 0.111. The van der Waals surface area contributed by atoms with Gasteiger partial charge >= 0.3 is 0 Å². The third kappa shape index (κ3) is 22.5. The van der Waals surface area contributed by atoms with E-state index in [-0.39, 0.29) is 0 Å². The monoisotopic (exact) mass is 394 g/mol. The Hall–Kier alpha value is 0.497. The lowest BCUT2D eigenvalue weighted by Gasteiger charge is -2.12. The number of ether oxygens (including phenoxy) is 1. The molecule has 0 saturated carbocycles. The van der Waals surface area contributed by atoms with Gasteiger partial charge in [-0.05, 0) is 19.8 Å². The second-order valence-corrected chi connectivity index (χ2v) is 12.3. The molecule has 0 aromatic rings. The van der Waals surface area contributed by atoms with Crippen molar-refractivity contribution in [2.75, 3.05) is 13.2 Å². The molecular weight excluding hydrogens is 355 g/mol. The van der Waals surface area contributed by atoms with Crippen LogP contribution in [0.4, 0.5) is 0 Å². The summed E-state index contributed by atoms with van der Waals surface area (Å²) in [5.74, 6) is 0. The molecule has 0 atom stereocenters. The molecule has 0 fully saturated rings. The molecule has 0 aromatic carbocycles. The Morgan fingerprint density at radius 2 is 1.17 bits per heavy atom. The Labute approximate surface area is 164 Å². The molecule has 0 heterocycles. The normalized spacial score (nSPS) is 12.0. The van der Waals surface area contributed by atoms with Gasteiger partial charge in [0.2, 0.25) is 0 Å². The summed E-state index contributed by atoms with van der Waals surface area (Å²) in [5, 5.41) is 0. The lowest BCUT2D eigenvalue weighted by Crippen LogP contribution is -2.11. The molecule has 0 bridgehead atoms. The van der Waals surface area contributed by atoms with Crippen molar-refractivity contribution in [3.63, 3.8) is 0 Å². The minimum atomic E-state index is -0.391. The molecule has 0 rings (SSSR count). The number of halogens is 2. The van der Waals surface area contributed by atoms with Crippen LogP contribution in [0, 0.1) is 0 Å². The summed E-state index contributed by atoms with van der Waals surface area (Å²) < 4.78 is 5.12. The van der Waals surface area contributed by atoms with E-state index in [1.165, 1.54) is 83.5 Å². The highest BCUT2D eigenvalue weighted by molar-refractivity contribution is 6.65. The summed E-state index contributed by atoms with van der Waals surface area (Å²) in [6, 6.07) is 0. The molecule has 24 heavy (non-hydrogen) atoms. The highest BCUT2D eigenvalue weighted by Crippen LogP contribution is 2.24. The molecule has 0 saturated heterocycles. The standard InChI is InChI=1S/C20H40Cl2OSi/c1-19(2)18-23-17-15-13-11-9-7-5-3-4-6-8-10-12-14-16-20(21,22)24/h1,3-18H2,2,24H3. The van der Waals surface area contributed by atoms with Gasteiger partial charge in [0.15, 0.2) is 0 Å². The molecule has 0 aromatic heterocycles. The Kier molecular flexibility index (Phi) is 17.3. The average molecular weight is 396 g/mol. The zero-order chi connectivity index (χ0) is 18.1. The van der Waals surface area contributed by atoms with Gasteiger partial charge in [0.1, 0.15) is 0 Å². The van der Waals surface area contributed by atoms with Crippen LogP contribution in [0.25, 0.3) is 0 Å². The summed E-state index contributed by atoms with van der Waals surface area (Å²) in [4.78, 5) is 0. The van der Waals surface area contributed by atoms with Crippen molar-refractivity contribution in [2.24, 2.45) is 0 Å². The van der Waals surface area contributed by atoms with Crippen molar-refractivity contribution in [1.82, 2.24) is 0 Å². The predicted molar refractivity (Wildman–Crippen MR) is 115 cm³/mol. The summed E-state index contributed by atoms with van der Waals surface area (Å²) in [7, 11) is 0.870. The van der Waals surface area contributed by atoms with Crippen molar-refractivity contribution < 1.29 is 4.74 Å². The second kappa shape index (κ2) is 16.9. The summed E-state index contributed by atoms with van der Waals surface area (Å²) in [5.41, 5.74) is 1.12. The number of alkyl halides is 2. The third-order valence-corrected chi connectivity index (χ3v) is 5.13. The van der Waals surface area contributed by atoms with Crippen molar-refractivity contribution in [3.8, 4) is 0 Å². The van der Waals surface area contributed by atoms with E-state index in [9.17, 15) is 0 Å². The molecule has 4 heteroatoms. The minimum absolute atomic E-state index is 0.391. The molecule has 0 radical (unpaired) electrons. The fourth-order valence-electron chi connectivity index (χ4n) is 2.83. The zero-order valence-electron chi connectivity index (χ0n) is 16.2. The average Bonchev–Trinajstić information content (AvgIpc) is 2.49. The van der Waals surface area contributed by atoms with Crippen molar-refractivity contribution >= 4 is 33.4 Å². The van der Waals surface area contributed by atoms with Gasteiger partial charge in [0.25, 0.3) is 0 Å². The van der Waals surface area contributed by atoms with Crippen LogP contribution in [-0.2, 0) is 4.74 Å². The molecule has 0 aliphatic heterocycles. The van der Waals surface area contributed by atoms with Gasteiger partial charge in [-0.15, -0.1) is 23.2 Å². The van der Waals surface area contributed by atoms with Gasteiger partial charge < -0.3 is 4.74 Å². The Balaban J connectivity index is 3.04.